The van der Waals surface area contributed by atoms with E-state index in [-0.39, 0.29) is 11.6 Å². The van der Waals surface area contributed by atoms with Gasteiger partial charge in [0, 0.05) is 17.2 Å². The molecule has 0 atom stereocenters. The number of carbonyl (C=O) groups excluding carboxylic acids is 1. The van der Waals surface area contributed by atoms with Crippen LogP contribution in [0.1, 0.15) is 21.5 Å². The van der Waals surface area contributed by atoms with Gasteiger partial charge in [0.15, 0.2) is 0 Å². The number of carbonyl (C=O) groups is 1. The van der Waals surface area contributed by atoms with E-state index >= 15 is 0 Å². The van der Waals surface area contributed by atoms with Gasteiger partial charge in [-0.05, 0) is 36.8 Å². The van der Waals surface area contributed by atoms with E-state index in [0.717, 1.165) is 5.56 Å². The molecule has 3 N–H and O–H groups in total. The van der Waals surface area contributed by atoms with Gasteiger partial charge in [-0.2, -0.15) is 0 Å². The SMILES string of the molecule is Cc1cc(OCc2ccc(C(=O)NN)cc2)ccc1[N+](=O)[O-]. The summed E-state index contributed by atoms with van der Waals surface area (Å²) in [6.45, 7) is 1.95. The van der Waals surface area contributed by atoms with Gasteiger partial charge in [0.2, 0.25) is 0 Å². The Morgan fingerprint density at radius 3 is 2.50 bits per heavy atom. The normalized spacial score (nSPS) is 10.1. The molecule has 0 saturated heterocycles. The predicted octanol–water partition coefficient (Wildman–Crippen LogP) is 2.09. The average molecular weight is 301 g/mol. The molecule has 0 unspecified atom stereocenters. The number of nitro benzene ring substituents is 1. The van der Waals surface area contributed by atoms with Crippen LogP contribution < -0.4 is 16.0 Å². The van der Waals surface area contributed by atoms with Gasteiger partial charge in [-0.15, -0.1) is 0 Å². The van der Waals surface area contributed by atoms with Crippen LogP contribution in [-0.2, 0) is 6.61 Å². The summed E-state index contributed by atoms with van der Waals surface area (Å²) in [7, 11) is 0. The van der Waals surface area contributed by atoms with E-state index in [4.69, 9.17) is 10.6 Å². The Labute approximate surface area is 126 Å². The highest BCUT2D eigenvalue weighted by Crippen LogP contribution is 2.23. The van der Waals surface area contributed by atoms with E-state index < -0.39 is 4.92 Å². The number of nitrogens with zero attached hydrogens (tertiary/aromatic N) is 1. The Hall–Kier alpha value is -2.93. The molecule has 0 fully saturated rings. The molecule has 7 nitrogen and oxygen atoms in total. The second-order valence-corrected chi connectivity index (χ2v) is 4.66. The fourth-order valence-corrected chi connectivity index (χ4v) is 1.92. The lowest BCUT2D eigenvalue weighted by Gasteiger charge is -2.08. The van der Waals surface area contributed by atoms with Crippen molar-refractivity contribution in [2.45, 2.75) is 13.5 Å². The topological polar surface area (TPSA) is 107 Å². The third-order valence-corrected chi connectivity index (χ3v) is 3.12. The minimum atomic E-state index is -0.430. The maximum Gasteiger partial charge on any atom is 0.272 e. The van der Waals surface area contributed by atoms with Crippen LogP contribution in [0.5, 0.6) is 5.75 Å². The molecule has 7 heteroatoms. The molecule has 1 amide bonds. The molecule has 2 rings (SSSR count). The number of nitrogens with two attached hydrogens (primary N) is 1. The number of amides is 1. The third-order valence-electron chi connectivity index (χ3n) is 3.12. The lowest BCUT2D eigenvalue weighted by molar-refractivity contribution is -0.385. The summed E-state index contributed by atoms with van der Waals surface area (Å²) in [6, 6.07) is 11.4. The van der Waals surface area contributed by atoms with Gasteiger partial charge in [0.25, 0.3) is 11.6 Å². The van der Waals surface area contributed by atoms with E-state index in [0.29, 0.717) is 23.5 Å². The summed E-state index contributed by atoms with van der Waals surface area (Å²) in [5.74, 6) is 5.24. The largest absolute Gasteiger partial charge is 0.489 e. The standard InChI is InChI=1S/C15H15N3O4/c1-10-8-13(6-7-14(10)18(20)21)22-9-11-2-4-12(5-3-11)15(19)17-16/h2-8H,9,16H2,1H3,(H,17,19). The molecule has 114 valence electrons. The molecule has 0 radical (unpaired) electrons. The number of nitrogen functional groups attached to an aromatic ring is 1. The van der Waals surface area contributed by atoms with Crippen molar-refractivity contribution in [2.24, 2.45) is 5.84 Å². The number of hydrazine groups is 1. The van der Waals surface area contributed by atoms with Crippen molar-refractivity contribution in [3.8, 4) is 5.75 Å². The number of rotatable bonds is 5. The first-order valence-corrected chi connectivity index (χ1v) is 6.49. The first kappa shape index (κ1) is 15.5. The van der Waals surface area contributed by atoms with Crippen LogP contribution in [0.3, 0.4) is 0 Å². The summed E-state index contributed by atoms with van der Waals surface area (Å²) in [5, 5.41) is 10.7. The molecule has 2 aromatic carbocycles. The van der Waals surface area contributed by atoms with Crippen LogP contribution in [0.15, 0.2) is 42.5 Å². The zero-order valence-electron chi connectivity index (χ0n) is 11.9. The van der Waals surface area contributed by atoms with Crippen LogP contribution in [0, 0.1) is 17.0 Å². The predicted molar refractivity (Wildman–Crippen MR) is 80.3 cm³/mol. The van der Waals surface area contributed by atoms with Crippen molar-refractivity contribution in [3.05, 3.63) is 69.3 Å². The van der Waals surface area contributed by atoms with E-state index in [1.807, 2.05) is 0 Å². The smallest absolute Gasteiger partial charge is 0.272 e. The van der Waals surface area contributed by atoms with Crippen molar-refractivity contribution in [1.82, 2.24) is 5.43 Å². The number of benzene rings is 2. The highest BCUT2D eigenvalue weighted by atomic mass is 16.6. The van der Waals surface area contributed by atoms with Crippen molar-refractivity contribution in [1.29, 1.82) is 0 Å². The third kappa shape index (κ3) is 3.58. The summed E-state index contributed by atoms with van der Waals surface area (Å²) in [5.41, 5.74) is 3.97. The number of nitro groups is 1. The summed E-state index contributed by atoms with van der Waals surface area (Å²) < 4.78 is 5.59. The van der Waals surface area contributed by atoms with Crippen LogP contribution in [0.4, 0.5) is 5.69 Å². The van der Waals surface area contributed by atoms with Gasteiger partial charge < -0.3 is 4.74 Å². The van der Waals surface area contributed by atoms with Crippen molar-refractivity contribution >= 4 is 11.6 Å². The molecule has 0 saturated carbocycles. The molecule has 0 aliphatic heterocycles. The maximum atomic E-state index is 11.3. The molecule has 0 aliphatic rings. The van der Waals surface area contributed by atoms with E-state index in [1.165, 1.54) is 6.07 Å². The highest BCUT2D eigenvalue weighted by Gasteiger charge is 2.10. The first-order chi connectivity index (χ1) is 10.5. The molecular weight excluding hydrogens is 286 g/mol. The Bertz CT molecular complexity index is 698. The molecule has 0 aliphatic carbocycles. The van der Waals surface area contributed by atoms with Gasteiger partial charge in [-0.25, -0.2) is 5.84 Å². The zero-order valence-corrected chi connectivity index (χ0v) is 11.9. The number of hydrogen-bond donors (Lipinski definition) is 2. The first-order valence-electron chi connectivity index (χ1n) is 6.49. The van der Waals surface area contributed by atoms with Gasteiger partial charge in [-0.1, -0.05) is 12.1 Å². The van der Waals surface area contributed by atoms with E-state index in [1.54, 1.807) is 43.3 Å². The zero-order chi connectivity index (χ0) is 16.1. The van der Waals surface area contributed by atoms with E-state index in [2.05, 4.69) is 5.43 Å². The van der Waals surface area contributed by atoms with Crippen LogP contribution in [0.25, 0.3) is 0 Å². The molecule has 0 heterocycles. The Kier molecular flexibility index (Phi) is 4.70. The Balaban J connectivity index is 2.02. The van der Waals surface area contributed by atoms with Crippen molar-refractivity contribution < 1.29 is 14.5 Å². The van der Waals surface area contributed by atoms with Crippen LogP contribution in [-0.4, -0.2) is 10.8 Å². The molecule has 0 spiro atoms. The minimum Gasteiger partial charge on any atom is -0.489 e. The molecular formula is C15H15N3O4. The maximum absolute atomic E-state index is 11.3. The minimum absolute atomic E-state index is 0.0597. The number of aryl methyl sites for hydroxylation is 1. The average Bonchev–Trinajstić information content (AvgIpc) is 2.52. The summed E-state index contributed by atoms with van der Waals surface area (Å²) >= 11 is 0. The van der Waals surface area contributed by atoms with Gasteiger partial charge >= 0.3 is 0 Å². The monoisotopic (exact) mass is 301 g/mol. The van der Waals surface area contributed by atoms with Crippen molar-refractivity contribution in [3.63, 3.8) is 0 Å². The van der Waals surface area contributed by atoms with Crippen LogP contribution >= 0.6 is 0 Å². The fourth-order valence-electron chi connectivity index (χ4n) is 1.92. The highest BCUT2D eigenvalue weighted by molar-refractivity contribution is 5.93. The van der Waals surface area contributed by atoms with E-state index in [9.17, 15) is 14.9 Å². The lowest BCUT2D eigenvalue weighted by Crippen LogP contribution is -2.29. The molecule has 22 heavy (non-hydrogen) atoms. The lowest BCUT2D eigenvalue weighted by atomic mass is 10.1. The molecule has 0 bridgehead atoms. The summed E-state index contributed by atoms with van der Waals surface area (Å²) in [6.07, 6.45) is 0. The van der Waals surface area contributed by atoms with Gasteiger partial charge in [0.05, 0.1) is 4.92 Å². The van der Waals surface area contributed by atoms with Gasteiger partial charge in [0.1, 0.15) is 12.4 Å². The molecule has 2 aromatic rings. The number of nitrogens with one attached hydrogen (secondary N) is 1. The van der Waals surface area contributed by atoms with Crippen molar-refractivity contribution in [2.75, 3.05) is 0 Å². The fraction of sp³-hybridized carbons (Fsp3) is 0.133. The quantitative estimate of drug-likeness (QED) is 0.380. The Morgan fingerprint density at radius 1 is 1.27 bits per heavy atom. The number of ether oxygens (including phenoxy) is 1. The second-order valence-electron chi connectivity index (χ2n) is 4.66. The Morgan fingerprint density at radius 2 is 1.95 bits per heavy atom. The number of hydrogen-bond acceptors (Lipinski definition) is 5. The second kappa shape index (κ2) is 6.68. The molecule has 0 aromatic heterocycles. The van der Waals surface area contributed by atoms with Crippen LogP contribution in [0.2, 0.25) is 0 Å². The van der Waals surface area contributed by atoms with Gasteiger partial charge in [-0.3, -0.25) is 20.3 Å². The summed E-state index contributed by atoms with van der Waals surface area (Å²) in [4.78, 5) is 21.6.